The molecule has 0 aliphatic carbocycles. The summed E-state index contributed by atoms with van der Waals surface area (Å²) in [6.07, 6.45) is 2.50. The van der Waals surface area contributed by atoms with E-state index in [1.165, 1.54) is 4.80 Å². The van der Waals surface area contributed by atoms with Gasteiger partial charge in [0, 0.05) is 12.0 Å². The van der Waals surface area contributed by atoms with E-state index in [1.54, 1.807) is 0 Å². The van der Waals surface area contributed by atoms with Gasteiger partial charge in [0.25, 0.3) is 0 Å². The van der Waals surface area contributed by atoms with Crippen LogP contribution in [0.4, 0.5) is 0 Å². The average molecular weight is 304 g/mol. The number of unbranched alkanes of at least 4 members (excludes halogenated alkanes) is 1. The van der Waals surface area contributed by atoms with Crippen LogP contribution in [0.1, 0.15) is 26.2 Å². The summed E-state index contributed by atoms with van der Waals surface area (Å²) >= 11 is 0. The van der Waals surface area contributed by atoms with Crippen LogP contribution in [0, 0.1) is 0 Å². The van der Waals surface area contributed by atoms with Crippen LogP contribution in [0.25, 0.3) is 11.4 Å². The van der Waals surface area contributed by atoms with Gasteiger partial charge >= 0.3 is 0 Å². The Hall–Kier alpha value is -2.64. The minimum absolute atomic E-state index is 0.132. The van der Waals surface area contributed by atoms with Gasteiger partial charge in [0.15, 0.2) is 0 Å². The zero-order valence-electron chi connectivity index (χ0n) is 12.5. The predicted molar refractivity (Wildman–Crippen MR) is 81.7 cm³/mol. The first kappa shape index (κ1) is 15.7. The molecule has 0 spiro atoms. The molecular formula is C14H20N6O2. The molecule has 2 aromatic rings. The van der Waals surface area contributed by atoms with Gasteiger partial charge in [-0.15, -0.1) is 10.2 Å². The molecule has 0 amide bonds. The lowest BCUT2D eigenvalue weighted by Gasteiger charge is -2.05. The Morgan fingerprint density at radius 1 is 1.36 bits per heavy atom. The molecule has 0 aliphatic rings. The van der Waals surface area contributed by atoms with E-state index in [1.807, 2.05) is 24.3 Å². The molecule has 8 heteroatoms. The number of ether oxygens (including phenoxy) is 1. The van der Waals surface area contributed by atoms with Gasteiger partial charge in [0.05, 0.1) is 13.2 Å². The number of nitrogens with two attached hydrogens (primary N) is 1. The molecule has 0 saturated carbocycles. The minimum atomic E-state index is 0.132. The molecule has 0 fully saturated rings. The Morgan fingerprint density at radius 2 is 2.14 bits per heavy atom. The summed E-state index contributed by atoms with van der Waals surface area (Å²) < 4.78 is 5.61. The first-order chi connectivity index (χ1) is 10.7. The van der Waals surface area contributed by atoms with Gasteiger partial charge in [0.2, 0.25) is 5.82 Å². The fraction of sp³-hybridized carbons (Fsp3) is 0.429. The van der Waals surface area contributed by atoms with E-state index < -0.39 is 0 Å². The molecule has 0 radical (unpaired) electrons. The largest absolute Gasteiger partial charge is 0.494 e. The molecule has 0 atom stereocenters. The number of hydrogen-bond donors (Lipinski definition) is 2. The average Bonchev–Trinajstić information content (AvgIpc) is 3.02. The minimum Gasteiger partial charge on any atom is -0.494 e. The van der Waals surface area contributed by atoms with Crippen LogP contribution in [-0.4, -0.2) is 37.9 Å². The summed E-state index contributed by atoms with van der Waals surface area (Å²) in [5.74, 6) is 1.49. The van der Waals surface area contributed by atoms with Crippen LogP contribution in [0.3, 0.4) is 0 Å². The highest BCUT2D eigenvalue weighted by atomic mass is 16.5. The predicted octanol–water partition coefficient (Wildman–Crippen LogP) is 1.66. The number of nitrogens with zero attached hydrogens (tertiary/aromatic N) is 5. The van der Waals surface area contributed by atoms with Crippen LogP contribution in [0.5, 0.6) is 5.75 Å². The summed E-state index contributed by atoms with van der Waals surface area (Å²) in [4.78, 5) is 1.42. The molecule has 118 valence electrons. The smallest absolute Gasteiger partial charge is 0.204 e. The van der Waals surface area contributed by atoms with Crippen molar-refractivity contribution in [1.29, 1.82) is 0 Å². The lowest BCUT2D eigenvalue weighted by atomic mass is 10.2. The maximum atomic E-state index is 8.48. The number of aromatic nitrogens is 4. The number of hydrogen-bond acceptors (Lipinski definition) is 6. The van der Waals surface area contributed by atoms with Crippen molar-refractivity contribution >= 4 is 5.84 Å². The fourth-order valence-electron chi connectivity index (χ4n) is 1.75. The van der Waals surface area contributed by atoms with Gasteiger partial charge in [-0.1, -0.05) is 18.5 Å². The Labute approximate surface area is 128 Å². The number of amidine groups is 1. The number of benzene rings is 1. The monoisotopic (exact) mass is 304 g/mol. The van der Waals surface area contributed by atoms with Crippen LogP contribution in [-0.2, 0) is 6.54 Å². The first-order valence-corrected chi connectivity index (χ1v) is 7.20. The second kappa shape index (κ2) is 7.96. The molecule has 2 rings (SSSR count). The second-order valence-electron chi connectivity index (χ2n) is 4.78. The highest BCUT2D eigenvalue weighted by Crippen LogP contribution is 2.18. The number of tetrazole rings is 1. The molecule has 0 aliphatic heterocycles. The molecule has 1 aromatic carbocycles. The van der Waals surface area contributed by atoms with Gasteiger partial charge in [-0.2, -0.15) is 4.80 Å². The summed E-state index contributed by atoms with van der Waals surface area (Å²) in [7, 11) is 0. The van der Waals surface area contributed by atoms with Crippen molar-refractivity contribution in [3.8, 4) is 17.1 Å². The molecule has 8 nitrogen and oxygen atoms in total. The standard InChI is InChI=1S/C14H20N6O2/c1-2-3-10-22-12-6-4-11(5-7-12)14-16-19-20(17-14)9-8-13(15)18-21/h4-7,21H,2-3,8-10H2,1H3,(H2,15,18). The van der Waals surface area contributed by atoms with E-state index in [0.29, 0.717) is 18.8 Å². The van der Waals surface area contributed by atoms with Crippen LogP contribution in [0.15, 0.2) is 29.4 Å². The molecule has 22 heavy (non-hydrogen) atoms. The summed E-state index contributed by atoms with van der Waals surface area (Å²) in [5.41, 5.74) is 6.26. The maximum Gasteiger partial charge on any atom is 0.204 e. The molecule has 3 N–H and O–H groups in total. The van der Waals surface area contributed by atoms with Gasteiger partial charge < -0.3 is 15.7 Å². The van der Waals surface area contributed by atoms with Crippen molar-refractivity contribution in [3.05, 3.63) is 24.3 Å². The third-order valence-corrected chi connectivity index (χ3v) is 3.03. The summed E-state index contributed by atoms with van der Waals surface area (Å²) in [5, 5.41) is 23.6. The lowest BCUT2D eigenvalue weighted by molar-refractivity contribution is 0.309. The Balaban J connectivity index is 1.95. The molecule has 0 unspecified atom stereocenters. The molecule has 0 saturated heterocycles. The second-order valence-corrected chi connectivity index (χ2v) is 4.78. The fourth-order valence-corrected chi connectivity index (χ4v) is 1.75. The van der Waals surface area contributed by atoms with Crippen molar-refractivity contribution in [2.24, 2.45) is 10.9 Å². The van der Waals surface area contributed by atoms with E-state index in [0.717, 1.165) is 30.8 Å². The van der Waals surface area contributed by atoms with Crippen molar-refractivity contribution < 1.29 is 9.94 Å². The normalized spacial score (nSPS) is 11.6. The SMILES string of the molecule is CCCCOc1ccc(-c2nnn(CCC(N)=NO)n2)cc1. The maximum absolute atomic E-state index is 8.48. The van der Waals surface area contributed by atoms with E-state index in [2.05, 4.69) is 27.5 Å². The summed E-state index contributed by atoms with van der Waals surface area (Å²) in [6, 6.07) is 7.57. The van der Waals surface area contributed by atoms with Gasteiger partial charge in [0.1, 0.15) is 11.6 Å². The number of rotatable bonds is 8. The van der Waals surface area contributed by atoms with E-state index in [-0.39, 0.29) is 5.84 Å². The molecular weight excluding hydrogens is 284 g/mol. The third-order valence-electron chi connectivity index (χ3n) is 3.03. The highest BCUT2D eigenvalue weighted by molar-refractivity contribution is 5.79. The van der Waals surface area contributed by atoms with Crippen molar-refractivity contribution in [2.45, 2.75) is 32.7 Å². The third kappa shape index (κ3) is 4.44. The van der Waals surface area contributed by atoms with E-state index >= 15 is 0 Å². The quantitative estimate of drug-likeness (QED) is 0.252. The molecule has 1 aromatic heterocycles. The first-order valence-electron chi connectivity index (χ1n) is 7.20. The van der Waals surface area contributed by atoms with Crippen LogP contribution < -0.4 is 10.5 Å². The zero-order chi connectivity index (χ0) is 15.8. The Kier molecular flexibility index (Phi) is 5.70. The van der Waals surface area contributed by atoms with E-state index in [9.17, 15) is 0 Å². The van der Waals surface area contributed by atoms with Crippen LogP contribution >= 0.6 is 0 Å². The lowest BCUT2D eigenvalue weighted by Crippen LogP contribution is -2.16. The molecule has 1 heterocycles. The van der Waals surface area contributed by atoms with Crippen molar-refractivity contribution in [2.75, 3.05) is 6.61 Å². The number of aryl methyl sites for hydroxylation is 1. The highest BCUT2D eigenvalue weighted by Gasteiger charge is 2.06. The van der Waals surface area contributed by atoms with Gasteiger partial charge in [-0.3, -0.25) is 0 Å². The van der Waals surface area contributed by atoms with Gasteiger partial charge in [-0.25, -0.2) is 0 Å². The van der Waals surface area contributed by atoms with Crippen molar-refractivity contribution in [1.82, 2.24) is 20.2 Å². The molecule has 0 bridgehead atoms. The zero-order valence-corrected chi connectivity index (χ0v) is 12.5. The van der Waals surface area contributed by atoms with E-state index in [4.69, 9.17) is 15.7 Å². The van der Waals surface area contributed by atoms with Crippen molar-refractivity contribution in [3.63, 3.8) is 0 Å². The Morgan fingerprint density at radius 3 is 2.82 bits per heavy atom. The van der Waals surface area contributed by atoms with Gasteiger partial charge in [-0.05, 0) is 35.9 Å². The number of oxime groups is 1. The summed E-state index contributed by atoms with van der Waals surface area (Å²) in [6.45, 7) is 3.25. The topological polar surface area (TPSA) is 111 Å². The Bertz CT molecular complexity index is 608. The van der Waals surface area contributed by atoms with Crippen LogP contribution in [0.2, 0.25) is 0 Å².